The molecule has 0 fully saturated rings. The zero-order valence-corrected chi connectivity index (χ0v) is 11.6. The molecule has 0 radical (unpaired) electrons. The molecule has 0 aromatic carbocycles. The molecule has 1 rings (SSSR count). The highest BCUT2D eigenvalue weighted by molar-refractivity contribution is 5.24. The quantitative estimate of drug-likeness (QED) is 0.770. The standard InChI is InChI=1S/C14H25N3/c1-10(2)6-7-13(15)8-9-14-11(3)16-17(5)12(14)4/h13H,1,6-9,15H2,2-5H3. The lowest BCUT2D eigenvalue weighted by Crippen LogP contribution is -2.20. The van der Waals surface area contributed by atoms with E-state index in [4.69, 9.17) is 5.73 Å². The van der Waals surface area contributed by atoms with Gasteiger partial charge in [-0.2, -0.15) is 5.10 Å². The number of hydrogen-bond donors (Lipinski definition) is 1. The molecule has 2 N–H and O–H groups in total. The Kier molecular flexibility index (Phi) is 4.94. The molecule has 0 saturated carbocycles. The highest BCUT2D eigenvalue weighted by atomic mass is 15.3. The van der Waals surface area contributed by atoms with Gasteiger partial charge in [0.25, 0.3) is 0 Å². The smallest absolute Gasteiger partial charge is 0.0628 e. The molecule has 0 saturated heterocycles. The maximum absolute atomic E-state index is 6.11. The number of rotatable bonds is 6. The minimum atomic E-state index is 0.269. The van der Waals surface area contributed by atoms with Crippen LogP contribution in [-0.4, -0.2) is 15.8 Å². The summed E-state index contributed by atoms with van der Waals surface area (Å²) in [7, 11) is 1.99. The minimum Gasteiger partial charge on any atom is -0.328 e. The molecule has 1 aromatic rings. The van der Waals surface area contributed by atoms with Gasteiger partial charge >= 0.3 is 0 Å². The first kappa shape index (κ1) is 14.0. The van der Waals surface area contributed by atoms with Gasteiger partial charge in [-0.15, -0.1) is 6.58 Å². The van der Waals surface area contributed by atoms with Crippen LogP contribution in [0.25, 0.3) is 0 Å². The summed E-state index contributed by atoms with van der Waals surface area (Å²) in [4.78, 5) is 0. The zero-order chi connectivity index (χ0) is 13.0. The predicted octanol–water partition coefficient (Wildman–Crippen LogP) is 2.65. The van der Waals surface area contributed by atoms with Gasteiger partial charge in [0, 0.05) is 18.8 Å². The monoisotopic (exact) mass is 235 g/mol. The van der Waals surface area contributed by atoms with Crippen molar-refractivity contribution >= 4 is 0 Å². The van der Waals surface area contributed by atoms with E-state index in [1.165, 1.54) is 16.8 Å². The number of aryl methyl sites for hydroxylation is 2. The summed E-state index contributed by atoms with van der Waals surface area (Å²) in [6.45, 7) is 10.2. The van der Waals surface area contributed by atoms with E-state index >= 15 is 0 Å². The summed E-state index contributed by atoms with van der Waals surface area (Å²) in [6, 6.07) is 0.269. The first-order valence-corrected chi connectivity index (χ1v) is 6.30. The Morgan fingerprint density at radius 1 is 1.41 bits per heavy atom. The topological polar surface area (TPSA) is 43.8 Å². The molecule has 1 atom stereocenters. The molecule has 0 amide bonds. The fourth-order valence-corrected chi connectivity index (χ4v) is 2.09. The van der Waals surface area contributed by atoms with Crippen molar-refractivity contribution in [2.45, 2.75) is 52.5 Å². The molecule has 0 bridgehead atoms. The molecule has 96 valence electrons. The second kappa shape index (κ2) is 6.01. The fraction of sp³-hybridized carbons (Fsp3) is 0.643. The van der Waals surface area contributed by atoms with E-state index in [0.29, 0.717) is 0 Å². The first-order chi connectivity index (χ1) is 7.91. The largest absolute Gasteiger partial charge is 0.328 e. The molecule has 0 spiro atoms. The second-order valence-electron chi connectivity index (χ2n) is 5.07. The van der Waals surface area contributed by atoms with E-state index < -0.39 is 0 Å². The lowest BCUT2D eigenvalue weighted by Gasteiger charge is -2.11. The van der Waals surface area contributed by atoms with E-state index in [1.54, 1.807) is 0 Å². The molecule has 17 heavy (non-hydrogen) atoms. The van der Waals surface area contributed by atoms with Crippen LogP contribution in [0.15, 0.2) is 12.2 Å². The second-order valence-corrected chi connectivity index (χ2v) is 5.07. The van der Waals surface area contributed by atoms with Gasteiger partial charge in [-0.1, -0.05) is 5.57 Å². The summed E-state index contributed by atoms with van der Waals surface area (Å²) < 4.78 is 1.95. The van der Waals surface area contributed by atoms with Crippen LogP contribution >= 0.6 is 0 Å². The molecule has 1 aromatic heterocycles. The Hall–Kier alpha value is -1.09. The van der Waals surface area contributed by atoms with Crippen LogP contribution in [0.4, 0.5) is 0 Å². The minimum absolute atomic E-state index is 0.269. The van der Waals surface area contributed by atoms with Crippen molar-refractivity contribution in [1.29, 1.82) is 0 Å². The molecule has 0 aliphatic heterocycles. The van der Waals surface area contributed by atoms with Crippen molar-refractivity contribution in [2.24, 2.45) is 12.8 Å². The molecule has 0 aliphatic rings. The van der Waals surface area contributed by atoms with Gasteiger partial charge in [-0.3, -0.25) is 4.68 Å². The number of hydrogen-bond acceptors (Lipinski definition) is 2. The lowest BCUT2D eigenvalue weighted by molar-refractivity contribution is 0.566. The maximum atomic E-state index is 6.11. The van der Waals surface area contributed by atoms with E-state index in [1.807, 2.05) is 11.7 Å². The van der Waals surface area contributed by atoms with Crippen LogP contribution in [-0.2, 0) is 13.5 Å². The Balaban J connectivity index is 2.47. The fourth-order valence-electron chi connectivity index (χ4n) is 2.09. The Labute approximate surface area is 105 Å². The highest BCUT2D eigenvalue weighted by Gasteiger charge is 2.11. The molecule has 3 heteroatoms. The average Bonchev–Trinajstić information content (AvgIpc) is 2.48. The third-order valence-corrected chi connectivity index (χ3v) is 3.37. The van der Waals surface area contributed by atoms with Crippen LogP contribution in [0, 0.1) is 13.8 Å². The molecule has 3 nitrogen and oxygen atoms in total. The molecular weight excluding hydrogens is 210 g/mol. The van der Waals surface area contributed by atoms with E-state index in [0.717, 1.165) is 31.4 Å². The number of allylic oxidation sites excluding steroid dienone is 1. The predicted molar refractivity (Wildman–Crippen MR) is 73.0 cm³/mol. The van der Waals surface area contributed by atoms with Crippen molar-refractivity contribution in [3.05, 3.63) is 29.1 Å². The molecule has 0 aliphatic carbocycles. The summed E-state index contributed by atoms with van der Waals surface area (Å²) in [5.74, 6) is 0. The van der Waals surface area contributed by atoms with Crippen LogP contribution in [0.2, 0.25) is 0 Å². The summed E-state index contributed by atoms with van der Waals surface area (Å²) in [5.41, 5.74) is 11.1. The normalized spacial score (nSPS) is 12.8. The van der Waals surface area contributed by atoms with Gasteiger partial charge in [0.1, 0.15) is 0 Å². The summed E-state index contributed by atoms with van der Waals surface area (Å²) in [6.07, 6.45) is 4.13. The van der Waals surface area contributed by atoms with Crippen LogP contribution in [0.5, 0.6) is 0 Å². The van der Waals surface area contributed by atoms with E-state index in [2.05, 4.69) is 32.4 Å². The van der Waals surface area contributed by atoms with Gasteiger partial charge in [0.15, 0.2) is 0 Å². The number of nitrogens with zero attached hydrogens (tertiary/aromatic N) is 2. The number of nitrogens with two attached hydrogens (primary N) is 1. The van der Waals surface area contributed by atoms with Crippen LogP contribution in [0.3, 0.4) is 0 Å². The van der Waals surface area contributed by atoms with Gasteiger partial charge in [-0.05, 0) is 52.0 Å². The first-order valence-electron chi connectivity index (χ1n) is 6.30. The third kappa shape index (κ3) is 4.00. The highest BCUT2D eigenvalue weighted by Crippen LogP contribution is 2.16. The van der Waals surface area contributed by atoms with Crippen LogP contribution < -0.4 is 5.73 Å². The van der Waals surface area contributed by atoms with Gasteiger partial charge < -0.3 is 5.73 Å². The lowest BCUT2D eigenvalue weighted by atomic mass is 10.00. The average molecular weight is 235 g/mol. The summed E-state index contributed by atoms with van der Waals surface area (Å²) in [5, 5.41) is 4.42. The molecule has 1 heterocycles. The van der Waals surface area contributed by atoms with Crippen molar-refractivity contribution in [2.75, 3.05) is 0 Å². The zero-order valence-electron chi connectivity index (χ0n) is 11.6. The van der Waals surface area contributed by atoms with Crippen molar-refractivity contribution in [3.8, 4) is 0 Å². The van der Waals surface area contributed by atoms with Crippen molar-refractivity contribution in [3.63, 3.8) is 0 Å². The van der Waals surface area contributed by atoms with Crippen LogP contribution in [0.1, 0.15) is 43.1 Å². The van der Waals surface area contributed by atoms with Gasteiger partial charge in [0.05, 0.1) is 5.69 Å². The maximum Gasteiger partial charge on any atom is 0.0628 e. The van der Waals surface area contributed by atoms with E-state index in [-0.39, 0.29) is 6.04 Å². The van der Waals surface area contributed by atoms with Gasteiger partial charge in [-0.25, -0.2) is 0 Å². The SMILES string of the molecule is C=C(C)CCC(N)CCc1c(C)nn(C)c1C. The number of aromatic nitrogens is 2. The third-order valence-electron chi connectivity index (χ3n) is 3.37. The van der Waals surface area contributed by atoms with E-state index in [9.17, 15) is 0 Å². The summed E-state index contributed by atoms with van der Waals surface area (Å²) >= 11 is 0. The molecular formula is C14H25N3. The molecule has 1 unspecified atom stereocenters. The van der Waals surface area contributed by atoms with Gasteiger partial charge in [0.2, 0.25) is 0 Å². The van der Waals surface area contributed by atoms with Crippen molar-refractivity contribution in [1.82, 2.24) is 9.78 Å². The Morgan fingerprint density at radius 2 is 2.06 bits per heavy atom. The Morgan fingerprint density at radius 3 is 2.53 bits per heavy atom. The Bertz CT molecular complexity index is 390. The van der Waals surface area contributed by atoms with Crippen molar-refractivity contribution < 1.29 is 0 Å².